The van der Waals surface area contributed by atoms with Gasteiger partial charge < -0.3 is 23.6 Å². The zero-order valence-corrected chi connectivity index (χ0v) is 16.8. The van der Waals surface area contributed by atoms with E-state index in [1.54, 1.807) is 12.1 Å². The Bertz CT molecular complexity index is 1190. The Morgan fingerprint density at radius 2 is 1.97 bits per heavy atom. The van der Waals surface area contributed by atoms with Crippen molar-refractivity contribution in [2.24, 2.45) is 0 Å². The van der Waals surface area contributed by atoms with Crippen LogP contribution in [-0.2, 0) is 4.79 Å². The van der Waals surface area contributed by atoms with Gasteiger partial charge in [-0.3, -0.25) is 4.79 Å². The molecule has 0 aliphatic carbocycles. The van der Waals surface area contributed by atoms with Crippen LogP contribution in [0.3, 0.4) is 0 Å². The zero-order chi connectivity index (χ0) is 20.5. The summed E-state index contributed by atoms with van der Waals surface area (Å²) in [5.41, 5.74) is 1.52. The van der Waals surface area contributed by atoms with Crippen molar-refractivity contribution >= 4 is 28.6 Å². The standard InChI is InChI=1S/C21H17N3O5S/c1-12(17-8-13-4-2-3-5-15(13)28-17)22-19(25)10-30-21-24-23-20(29-21)14-6-7-16-18(9-14)27-11-26-16/h2-9,12H,10-11H2,1H3,(H,22,25). The van der Waals surface area contributed by atoms with Crippen molar-refractivity contribution in [2.75, 3.05) is 12.5 Å². The van der Waals surface area contributed by atoms with E-state index in [9.17, 15) is 4.79 Å². The van der Waals surface area contributed by atoms with Crippen LogP contribution < -0.4 is 14.8 Å². The fraction of sp³-hybridized carbons (Fsp3) is 0.190. The molecule has 0 fully saturated rings. The summed E-state index contributed by atoms with van der Waals surface area (Å²) in [6, 6.07) is 14.8. The first-order valence-electron chi connectivity index (χ1n) is 9.30. The van der Waals surface area contributed by atoms with Crippen molar-refractivity contribution in [1.29, 1.82) is 0 Å². The van der Waals surface area contributed by atoms with Gasteiger partial charge in [0.05, 0.1) is 11.8 Å². The van der Waals surface area contributed by atoms with Crippen LogP contribution >= 0.6 is 11.8 Å². The zero-order valence-electron chi connectivity index (χ0n) is 16.0. The number of amides is 1. The predicted octanol–water partition coefficient (Wildman–Crippen LogP) is 4.18. The Morgan fingerprint density at radius 1 is 1.10 bits per heavy atom. The number of carbonyl (C=O) groups excluding carboxylic acids is 1. The van der Waals surface area contributed by atoms with Crippen molar-refractivity contribution in [1.82, 2.24) is 15.5 Å². The number of thioether (sulfide) groups is 1. The van der Waals surface area contributed by atoms with E-state index in [1.165, 1.54) is 11.8 Å². The average Bonchev–Trinajstić information content (AvgIpc) is 3.50. The maximum absolute atomic E-state index is 12.3. The van der Waals surface area contributed by atoms with E-state index >= 15 is 0 Å². The molecular formula is C21H17N3O5S. The Labute approximate surface area is 175 Å². The summed E-state index contributed by atoms with van der Waals surface area (Å²) in [6.07, 6.45) is 0. The second-order valence-corrected chi connectivity index (χ2v) is 7.63. The van der Waals surface area contributed by atoms with E-state index in [2.05, 4.69) is 15.5 Å². The van der Waals surface area contributed by atoms with Gasteiger partial charge >= 0.3 is 0 Å². The summed E-state index contributed by atoms with van der Waals surface area (Å²) in [6.45, 7) is 2.08. The number of carbonyl (C=O) groups is 1. The normalized spacial score (nSPS) is 13.5. The molecule has 5 rings (SSSR count). The third kappa shape index (κ3) is 3.71. The molecule has 2 aromatic heterocycles. The minimum absolute atomic E-state index is 0.146. The van der Waals surface area contributed by atoms with Gasteiger partial charge in [0.2, 0.25) is 18.6 Å². The van der Waals surface area contributed by atoms with E-state index in [-0.39, 0.29) is 24.5 Å². The minimum atomic E-state index is -0.252. The summed E-state index contributed by atoms with van der Waals surface area (Å²) in [4.78, 5) is 12.3. The van der Waals surface area contributed by atoms with E-state index in [0.29, 0.717) is 28.4 Å². The largest absolute Gasteiger partial charge is 0.459 e. The molecule has 0 saturated heterocycles. The number of hydrogen-bond donors (Lipinski definition) is 1. The number of hydrogen-bond acceptors (Lipinski definition) is 8. The molecule has 1 aliphatic rings. The average molecular weight is 423 g/mol. The van der Waals surface area contributed by atoms with Gasteiger partial charge in [0, 0.05) is 10.9 Å². The first kappa shape index (κ1) is 18.6. The Hall–Kier alpha value is -3.46. The summed E-state index contributed by atoms with van der Waals surface area (Å²) in [5.74, 6) is 2.37. The van der Waals surface area contributed by atoms with Crippen LogP contribution in [0.4, 0.5) is 0 Å². The molecular weight excluding hydrogens is 406 g/mol. The number of nitrogens with one attached hydrogen (secondary N) is 1. The van der Waals surface area contributed by atoms with Crippen molar-refractivity contribution < 1.29 is 23.1 Å². The molecule has 1 N–H and O–H groups in total. The highest BCUT2D eigenvalue weighted by Gasteiger charge is 2.18. The van der Waals surface area contributed by atoms with E-state index in [4.69, 9.17) is 18.3 Å². The molecule has 1 aliphatic heterocycles. The van der Waals surface area contributed by atoms with Gasteiger partial charge in [0.15, 0.2) is 11.5 Å². The van der Waals surface area contributed by atoms with Gasteiger partial charge in [-0.25, -0.2) is 0 Å². The Balaban J connectivity index is 1.18. The van der Waals surface area contributed by atoms with Crippen molar-refractivity contribution in [3.05, 3.63) is 54.3 Å². The number of furan rings is 1. The number of ether oxygens (including phenoxy) is 2. The maximum Gasteiger partial charge on any atom is 0.277 e. The number of para-hydroxylation sites is 1. The van der Waals surface area contributed by atoms with Crippen LogP contribution in [0.15, 0.2) is 62.6 Å². The third-order valence-corrected chi connectivity index (χ3v) is 5.42. The van der Waals surface area contributed by atoms with Gasteiger partial charge in [-0.1, -0.05) is 30.0 Å². The van der Waals surface area contributed by atoms with Gasteiger partial charge in [-0.15, -0.1) is 10.2 Å². The molecule has 8 nitrogen and oxygen atoms in total. The molecule has 0 saturated carbocycles. The predicted molar refractivity (Wildman–Crippen MR) is 109 cm³/mol. The van der Waals surface area contributed by atoms with Crippen LogP contribution in [-0.4, -0.2) is 28.7 Å². The number of fused-ring (bicyclic) bond motifs is 2. The van der Waals surface area contributed by atoms with Crippen LogP contribution in [0.2, 0.25) is 0 Å². The summed E-state index contributed by atoms with van der Waals surface area (Å²) >= 11 is 1.17. The third-order valence-electron chi connectivity index (χ3n) is 4.60. The molecule has 2 aromatic carbocycles. The van der Waals surface area contributed by atoms with Crippen LogP contribution in [0.5, 0.6) is 11.5 Å². The topological polar surface area (TPSA) is 99.6 Å². The molecule has 0 radical (unpaired) electrons. The number of rotatable bonds is 6. The van der Waals surface area contributed by atoms with Crippen LogP contribution in [0.25, 0.3) is 22.4 Å². The Morgan fingerprint density at radius 3 is 2.87 bits per heavy atom. The highest BCUT2D eigenvalue weighted by atomic mass is 32.2. The smallest absolute Gasteiger partial charge is 0.277 e. The van der Waals surface area contributed by atoms with Crippen molar-refractivity contribution in [2.45, 2.75) is 18.2 Å². The second kappa shape index (κ2) is 7.75. The highest BCUT2D eigenvalue weighted by Crippen LogP contribution is 2.36. The summed E-state index contributed by atoms with van der Waals surface area (Å²) in [7, 11) is 0. The second-order valence-electron chi connectivity index (χ2n) is 6.71. The van der Waals surface area contributed by atoms with E-state index < -0.39 is 0 Å². The number of aromatic nitrogens is 2. The Kier molecular flexibility index (Phi) is 4.80. The maximum atomic E-state index is 12.3. The molecule has 0 spiro atoms. The SMILES string of the molecule is CC(NC(=O)CSc1nnc(-c2ccc3c(c2)OCO3)o1)c1cc2ccccc2o1. The van der Waals surface area contributed by atoms with Crippen molar-refractivity contribution in [3.63, 3.8) is 0 Å². The highest BCUT2D eigenvalue weighted by molar-refractivity contribution is 7.99. The molecule has 9 heteroatoms. The molecule has 3 heterocycles. The fourth-order valence-electron chi connectivity index (χ4n) is 3.11. The first-order valence-corrected chi connectivity index (χ1v) is 10.3. The van der Waals surface area contributed by atoms with Gasteiger partial charge in [-0.2, -0.15) is 0 Å². The van der Waals surface area contributed by atoms with Gasteiger partial charge in [0.25, 0.3) is 5.22 Å². The minimum Gasteiger partial charge on any atom is -0.459 e. The molecule has 1 amide bonds. The lowest BCUT2D eigenvalue weighted by atomic mass is 10.2. The molecule has 1 unspecified atom stereocenters. The van der Waals surface area contributed by atoms with Crippen LogP contribution in [0, 0.1) is 0 Å². The van der Waals surface area contributed by atoms with E-state index in [0.717, 1.165) is 16.5 Å². The lowest BCUT2D eigenvalue weighted by Crippen LogP contribution is -2.27. The fourth-order valence-corrected chi connectivity index (χ4v) is 3.69. The van der Waals surface area contributed by atoms with Crippen LogP contribution in [0.1, 0.15) is 18.7 Å². The summed E-state index contributed by atoms with van der Waals surface area (Å²) in [5, 5.41) is 12.3. The molecule has 152 valence electrons. The quantitative estimate of drug-likeness (QED) is 0.461. The lowest BCUT2D eigenvalue weighted by Gasteiger charge is -2.10. The molecule has 30 heavy (non-hydrogen) atoms. The summed E-state index contributed by atoms with van der Waals surface area (Å²) < 4.78 is 22.1. The molecule has 0 bridgehead atoms. The lowest BCUT2D eigenvalue weighted by molar-refractivity contribution is -0.119. The van der Waals surface area contributed by atoms with E-state index in [1.807, 2.05) is 43.3 Å². The van der Waals surface area contributed by atoms with Gasteiger partial charge in [-0.05, 0) is 37.3 Å². The number of benzene rings is 2. The van der Waals surface area contributed by atoms with Gasteiger partial charge in [0.1, 0.15) is 11.3 Å². The first-order chi connectivity index (χ1) is 14.7. The van der Waals surface area contributed by atoms with Crippen molar-refractivity contribution in [3.8, 4) is 23.0 Å². The molecule has 1 atom stereocenters. The monoisotopic (exact) mass is 423 g/mol. The number of nitrogens with zero attached hydrogens (tertiary/aromatic N) is 2. The molecule has 4 aromatic rings.